The van der Waals surface area contributed by atoms with E-state index in [1.54, 1.807) is 0 Å². The van der Waals surface area contributed by atoms with Crippen LogP contribution in [0.2, 0.25) is 0 Å². The van der Waals surface area contributed by atoms with E-state index in [4.69, 9.17) is 18.0 Å². The molecule has 0 bridgehead atoms. The Morgan fingerprint density at radius 3 is 2.53 bits per heavy atom. The van der Waals surface area contributed by atoms with E-state index in [9.17, 15) is 0 Å². The van der Waals surface area contributed by atoms with Crippen LogP contribution in [0.3, 0.4) is 0 Å². The number of nitrogens with two attached hydrogens (primary N) is 1. The van der Waals surface area contributed by atoms with Gasteiger partial charge in [0, 0.05) is 6.42 Å². The summed E-state index contributed by atoms with van der Waals surface area (Å²) in [5.74, 6) is 1.10. The molecule has 0 radical (unpaired) electrons. The first kappa shape index (κ1) is 11.7. The molecule has 4 nitrogen and oxygen atoms in total. The summed E-state index contributed by atoms with van der Waals surface area (Å²) in [5, 5.41) is 0. The Morgan fingerprint density at radius 2 is 1.88 bits per heavy atom. The highest BCUT2D eigenvalue weighted by Crippen LogP contribution is 2.06. The number of rotatable bonds is 3. The minimum atomic E-state index is 0.292. The molecule has 0 saturated heterocycles. The first-order valence-electron chi connectivity index (χ1n) is 5.42. The fourth-order valence-electron chi connectivity index (χ4n) is 1.58. The predicted octanol–water partition coefficient (Wildman–Crippen LogP) is 2.21. The van der Waals surface area contributed by atoms with Gasteiger partial charge in [0.2, 0.25) is 10.7 Å². The minimum Gasteiger partial charge on any atom is -0.369 e. The predicted molar refractivity (Wildman–Crippen MR) is 70.2 cm³/mol. The second kappa shape index (κ2) is 5.05. The van der Waals surface area contributed by atoms with E-state index >= 15 is 0 Å². The summed E-state index contributed by atoms with van der Waals surface area (Å²) in [7, 11) is 0. The molecule has 3 N–H and O–H groups in total. The van der Waals surface area contributed by atoms with E-state index in [2.05, 4.69) is 46.1 Å². The van der Waals surface area contributed by atoms with Crippen molar-refractivity contribution in [2.45, 2.75) is 19.8 Å². The van der Waals surface area contributed by atoms with Crippen molar-refractivity contribution < 1.29 is 0 Å². The zero-order chi connectivity index (χ0) is 12.3. The molecule has 0 amide bonds. The number of hydrogen-bond acceptors (Lipinski definition) is 4. The van der Waals surface area contributed by atoms with Gasteiger partial charge in [-0.2, -0.15) is 4.98 Å². The summed E-state index contributed by atoms with van der Waals surface area (Å²) in [5.41, 5.74) is 8.11. The van der Waals surface area contributed by atoms with E-state index in [0.717, 1.165) is 18.7 Å². The second-order valence-corrected chi connectivity index (χ2v) is 4.31. The molecule has 2 aromatic rings. The van der Waals surface area contributed by atoms with Gasteiger partial charge in [0.25, 0.3) is 0 Å². The van der Waals surface area contributed by atoms with E-state index in [0.29, 0.717) is 10.7 Å². The maximum Gasteiger partial charge on any atom is 0.224 e. The highest BCUT2D eigenvalue weighted by molar-refractivity contribution is 7.71. The van der Waals surface area contributed by atoms with Gasteiger partial charge in [-0.05, 0) is 31.1 Å². The van der Waals surface area contributed by atoms with Crippen LogP contribution in [0.15, 0.2) is 24.3 Å². The maximum atomic E-state index is 5.57. The van der Waals surface area contributed by atoms with E-state index in [1.807, 2.05) is 0 Å². The van der Waals surface area contributed by atoms with Gasteiger partial charge >= 0.3 is 0 Å². The van der Waals surface area contributed by atoms with Gasteiger partial charge in [-0.3, -0.25) is 0 Å². The number of aryl methyl sites for hydroxylation is 3. The second-order valence-electron chi connectivity index (χ2n) is 3.95. The average Bonchev–Trinajstić information content (AvgIpc) is 2.27. The lowest BCUT2D eigenvalue weighted by Gasteiger charge is -2.03. The summed E-state index contributed by atoms with van der Waals surface area (Å²) in [4.78, 5) is 10.9. The Balaban J connectivity index is 2.07. The molecule has 1 aromatic carbocycles. The molecule has 0 aliphatic rings. The number of hydrogen-bond donors (Lipinski definition) is 2. The van der Waals surface area contributed by atoms with Gasteiger partial charge in [0.1, 0.15) is 5.82 Å². The molecule has 0 spiro atoms. The van der Waals surface area contributed by atoms with Crippen molar-refractivity contribution in [3.05, 3.63) is 46.0 Å². The molecule has 0 aliphatic heterocycles. The molecule has 88 valence electrons. The molecule has 0 fully saturated rings. The Bertz CT molecular complexity index is 559. The number of aromatic amines is 1. The smallest absolute Gasteiger partial charge is 0.224 e. The van der Waals surface area contributed by atoms with E-state index < -0.39 is 0 Å². The van der Waals surface area contributed by atoms with Gasteiger partial charge in [-0.1, -0.05) is 29.8 Å². The topological polar surface area (TPSA) is 67.6 Å². The standard InChI is InChI=1S/C12H14N4S/c1-8-2-4-9(5-3-8)6-7-10-14-11(13)16-12(17)15-10/h2-5H,6-7H2,1H3,(H3,13,14,15,16,17). The van der Waals surface area contributed by atoms with Crippen molar-refractivity contribution in [2.24, 2.45) is 0 Å². The van der Waals surface area contributed by atoms with Crippen LogP contribution in [0.4, 0.5) is 5.95 Å². The van der Waals surface area contributed by atoms with Gasteiger partial charge in [-0.25, -0.2) is 4.98 Å². The number of H-pyrrole nitrogens is 1. The number of nitrogens with zero attached hydrogens (tertiary/aromatic N) is 2. The van der Waals surface area contributed by atoms with Crippen LogP contribution in [0.5, 0.6) is 0 Å². The van der Waals surface area contributed by atoms with Crippen molar-refractivity contribution in [3.8, 4) is 0 Å². The van der Waals surface area contributed by atoms with Crippen LogP contribution < -0.4 is 5.73 Å². The van der Waals surface area contributed by atoms with Crippen molar-refractivity contribution in [2.75, 3.05) is 5.73 Å². The molecule has 5 heteroatoms. The third-order valence-electron chi connectivity index (χ3n) is 2.49. The van der Waals surface area contributed by atoms with Crippen LogP contribution in [0, 0.1) is 11.7 Å². The summed E-state index contributed by atoms with van der Waals surface area (Å²) >= 11 is 4.91. The van der Waals surface area contributed by atoms with Crippen LogP contribution in [-0.2, 0) is 12.8 Å². The summed E-state index contributed by atoms with van der Waals surface area (Å²) in [6.45, 7) is 2.08. The molecule has 0 unspecified atom stereocenters. The van der Waals surface area contributed by atoms with Crippen LogP contribution in [0.1, 0.15) is 17.0 Å². The van der Waals surface area contributed by atoms with Crippen LogP contribution >= 0.6 is 12.2 Å². The molecule has 1 heterocycles. The lowest BCUT2D eigenvalue weighted by molar-refractivity contribution is 0.835. The lowest BCUT2D eigenvalue weighted by atomic mass is 10.1. The van der Waals surface area contributed by atoms with Gasteiger partial charge in [-0.15, -0.1) is 0 Å². The van der Waals surface area contributed by atoms with E-state index in [-0.39, 0.29) is 0 Å². The maximum absolute atomic E-state index is 5.57. The summed E-state index contributed by atoms with van der Waals surface area (Å²) in [6.07, 6.45) is 1.68. The van der Waals surface area contributed by atoms with Gasteiger partial charge in [0.15, 0.2) is 0 Å². The molecule has 0 saturated carbocycles. The van der Waals surface area contributed by atoms with E-state index in [1.165, 1.54) is 11.1 Å². The monoisotopic (exact) mass is 246 g/mol. The fraction of sp³-hybridized carbons (Fsp3) is 0.250. The number of anilines is 1. The Kier molecular flexibility index (Phi) is 3.49. The number of nitrogen functional groups attached to an aromatic ring is 1. The summed E-state index contributed by atoms with van der Waals surface area (Å²) in [6, 6.07) is 8.45. The molecule has 1 aromatic heterocycles. The average molecular weight is 246 g/mol. The normalized spacial score (nSPS) is 10.4. The molecular weight excluding hydrogens is 232 g/mol. The third-order valence-corrected chi connectivity index (χ3v) is 2.67. The van der Waals surface area contributed by atoms with Crippen molar-refractivity contribution >= 4 is 18.2 Å². The zero-order valence-electron chi connectivity index (χ0n) is 9.60. The molecule has 0 atom stereocenters. The minimum absolute atomic E-state index is 0.292. The molecular formula is C12H14N4S. The SMILES string of the molecule is Cc1ccc(CCc2nc(=S)nc(N)[nH]2)cc1. The largest absolute Gasteiger partial charge is 0.369 e. The fourth-order valence-corrected chi connectivity index (χ4v) is 1.79. The summed E-state index contributed by atoms with van der Waals surface area (Å²) < 4.78 is 0.292. The van der Waals surface area contributed by atoms with Gasteiger partial charge in [0.05, 0.1) is 0 Å². The Labute approximate surface area is 105 Å². The Morgan fingerprint density at radius 1 is 1.18 bits per heavy atom. The van der Waals surface area contributed by atoms with Crippen molar-refractivity contribution in [1.29, 1.82) is 0 Å². The quantitative estimate of drug-likeness (QED) is 0.815. The highest BCUT2D eigenvalue weighted by atomic mass is 32.1. The first-order chi connectivity index (χ1) is 8.13. The zero-order valence-corrected chi connectivity index (χ0v) is 10.4. The molecule has 2 rings (SSSR count). The van der Waals surface area contributed by atoms with Crippen LogP contribution in [0.25, 0.3) is 0 Å². The molecule has 0 aliphatic carbocycles. The Hall–Kier alpha value is -1.75. The van der Waals surface area contributed by atoms with Crippen LogP contribution in [-0.4, -0.2) is 15.0 Å². The van der Waals surface area contributed by atoms with Crippen molar-refractivity contribution in [3.63, 3.8) is 0 Å². The molecule has 17 heavy (non-hydrogen) atoms. The third kappa shape index (κ3) is 3.35. The number of nitrogens with one attached hydrogen (secondary N) is 1. The highest BCUT2D eigenvalue weighted by Gasteiger charge is 1.99. The number of benzene rings is 1. The van der Waals surface area contributed by atoms with Crippen molar-refractivity contribution in [1.82, 2.24) is 15.0 Å². The van der Waals surface area contributed by atoms with Gasteiger partial charge < -0.3 is 10.7 Å². The first-order valence-corrected chi connectivity index (χ1v) is 5.82. The number of aromatic nitrogens is 3. The lowest BCUT2D eigenvalue weighted by Crippen LogP contribution is -2.04.